The first kappa shape index (κ1) is 27.1. The van der Waals surface area contributed by atoms with Gasteiger partial charge < -0.3 is 30.1 Å². The third-order valence-electron chi connectivity index (χ3n) is 5.70. The van der Waals surface area contributed by atoms with Crippen molar-refractivity contribution in [3.8, 4) is 11.5 Å². The molecule has 2 aromatic heterocycles. The summed E-state index contributed by atoms with van der Waals surface area (Å²) in [5.74, 6) is 1.83. The van der Waals surface area contributed by atoms with Crippen LogP contribution in [-0.2, 0) is 0 Å². The molecule has 2 aromatic carbocycles. The van der Waals surface area contributed by atoms with E-state index in [1.807, 2.05) is 24.1 Å². The summed E-state index contributed by atoms with van der Waals surface area (Å²) in [7, 11) is 3.54. The molecular weight excluding hydrogens is 508 g/mol. The minimum absolute atomic E-state index is 0.132. The SMILES string of the molecule is COc1cc2c(Nc3ccc(NC(=O)c4cccc(Cl)c4)nc3)ncnc2cc1OCCCN(C)CCO. The Bertz CT molecular complexity index is 1390. The first-order valence-corrected chi connectivity index (χ1v) is 12.4. The van der Waals surface area contributed by atoms with E-state index in [2.05, 4.69) is 25.6 Å². The molecule has 38 heavy (non-hydrogen) atoms. The van der Waals surface area contributed by atoms with Gasteiger partial charge in [0.15, 0.2) is 11.5 Å². The van der Waals surface area contributed by atoms with Crippen LogP contribution in [0.2, 0.25) is 5.02 Å². The number of nitrogens with zero attached hydrogens (tertiary/aromatic N) is 4. The summed E-state index contributed by atoms with van der Waals surface area (Å²) in [6.07, 6.45) is 3.87. The monoisotopic (exact) mass is 536 g/mol. The number of likely N-dealkylation sites (N-methyl/N-ethyl adjacent to an activating group) is 1. The number of amides is 1. The summed E-state index contributed by atoms with van der Waals surface area (Å²) >= 11 is 5.97. The number of carbonyl (C=O) groups excluding carboxylic acids is 1. The summed E-state index contributed by atoms with van der Waals surface area (Å²) in [4.78, 5) is 27.6. The van der Waals surface area contributed by atoms with Crippen molar-refractivity contribution >= 4 is 45.7 Å². The quantitative estimate of drug-likeness (QED) is 0.226. The fourth-order valence-electron chi connectivity index (χ4n) is 3.73. The van der Waals surface area contributed by atoms with Crippen LogP contribution in [0.1, 0.15) is 16.8 Å². The lowest BCUT2D eigenvalue weighted by Gasteiger charge is -2.16. The first-order chi connectivity index (χ1) is 18.5. The molecule has 3 N–H and O–H groups in total. The molecular formula is C27H29ClN6O4. The van der Waals surface area contributed by atoms with E-state index in [0.717, 1.165) is 18.4 Å². The molecule has 11 heteroatoms. The first-order valence-electron chi connectivity index (χ1n) is 12.0. The number of nitrogens with one attached hydrogen (secondary N) is 2. The van der Waals surface area contributed by atoms with E-state index in [1.165, 1.54) is 6.33 Å². The summed E-state index contributed by atoms with van der Waals surface area (Å²) < 4.78 is 11.5. The number of aliphatic hydroxyl groups excluding tert-OH is 1. The van der Waals surface area contributed by atoms with Gasteiger partial charge in [-0.05, 0) is 49.9 Å². The number of halogens is 1. The Labute approximate surface area is 225 Å². The number of hydrogen-bond donors (Lipinski definition) is 3. The lowest BCUT2D eigenvalue weighted by atomic mass is 10.2. The van der Waals surface area contributed by atoms with Crippen molar-refractivity contribution in [3.05, 3.63) is 71.6 Å². The van der Waals surface area contributed by atoms with Crippen LogP contribution in [-0.4, -0.2) is 71.3 Å². The molecule has 0 aliphatic heterocycles. The van der Waals surface area contributed by atoms with E-state index < -0.39 is 0 Å². The molecule has 4 rings (SSSR count). The molecule has 0 unspecified atom stereocenters. The van der Waals surface area contributed by atoms with Crippen molar-refractivity contribution in [2.24, 2.45) is 0 Å². The van der Waals surface area contributed by atoms with Crippen molar-refractivity contribution in [2.75, 3.05) is 51.1 Å². The second kappa shape index (κ2) is 13.0. The largest absolute Gasteiger partial charge is 0.493 e. The number of methoxy groups -OCH3 is 1. The van der Waals surface area contributed by atoms with E-state index >= 15 is 0 Å². The lowest BCUT2D eigenvalue weighted by Crippen LogP contribution is -2.24. The number of fused-ring (bicyclic) bond motifs is 1. The van der Waals surface area contributed by atoms with Crippen molar-refractivity contribution in [1.82, 2.24) is 19.9 Å². The molecule has 0 aliphatic rings. The van der Waals surface area contributed by atoms with Gasteiger partial charge >= 0.3 is 0 Å². The number of aromatic nitrogens is 3. The zero-order valence-electron chi connectivity index (χ0n) is 21.1. The van der Waals surface area contributed by atoms with Crippen LogP contribution in [0.25, 0.3) is 10.9 Å². The molecule has 2 heterocycles. The molecule has 0 radical (unpaired) electrons. The normalized spacial score (nSPS) is 11.0. The summed E-state index contributed by atoms with van der Waals surface area (Å²) in [5.41, 5.74) is 1.81. The summed E-state index contributed by atoms with van der Waals surface area (Å²) in [6, 6.07) is 13.8. The Morgan fingerprint density at radius 3 is 2.68 bits per heavy atom. The molecule has 0 aliphatic carbocycles. The van der Waals surface area contributed by atoms with E-state index in [-0.39, 0.29) is 12.5 Å². The Morgan fingerprint density at radius 1 is 1.08 bits per heavy atom. The number of hydrogen-bond acceptors (Lipinski definition) is 9. The fourth-order valence-corrected chi connectivity index (χ4v) is 3.92. The van der Waals surface area contributed by atoms with Gasteiger partial charge in [-0.3, -0.25) is 4.79 Å². The number of carbonyl (C=O) groups is 1. The maximum atomic E-state index is 12.4. The van der Waals surface area contributed by atoms with E-state index in [1.54, 1.807) is 49.7 Å². The highest BCUT2D eigenvalue weighted by atomic mass is 35.5. The summed E-state index contributed by atoms with van der Waals surface area (Å²) in [5, 5.41) is 16.3. The van der Waals surface area contributed by atoms with Gasteiger partial charge in [0, 0.05) is 35.1 Å². The van der Waals surface area contributed by atoms with Gasteiger partial charge in [0.05, 0.1) is 37.7 Å². The number of rotatable bonds is 12. The number of aliphatic hydroxyl groups is 1. The predicted molar refractivity (Wildman–Crippen MR) is 148 cm³/mol. The fraction of sp³-hybridized carbons (Fsp3) is 0.259. The molecule has 0 spiro atoms. The summed E-state index contributed by atoms with van der Waals surface area (Å²) in [6.45, 7) is 2.07. The Balaban J connectivity index is 1.44. The average molecular weight is 537 g/mol. The number of ether oxygens (including phenoxy) is 2. The minimum Gasteiger partial charge on any atom is -0.493 e. The van der Waals surface area contributed by atoms with Crippen molar-refractivity contribution < 1.29 is 19.4 Å². The third kappa shape index (κ3) is 7.06. The van der Waals surface area contributed by atoms with Gasteiger partial charge in [0.2, 0.25) is 0 Å². The molecule has 1 amide bonds. The molecule has 0 fully saturated rings. The van der Waals surface area contributed by atoms with Crippen molar-refractivity contribution in [3.63, 3.8) is 0 Å². The smallest absolute Gasteiger partial charge is 0.256 e. The maximum absolute atomic E-state index is 12.4. The molecule has 0 bridgehead atoms. The highest BCUT2D eigenvalue weighted by molar-refractivity contribution is 6.31. The van der Waals surface area contributed by atoms with Gasteiger partial charge in [0.1, 0.15) is 18.0 Å². The average Bonchev–Trinajstić information content (AvgIpc) is 2.92. The highest BCUT2D eigenvalue weighted by Gasteiger charge is 2.13. The standard InChI is InChI=1S/C27H29ClN6O4/c1-34(10-11-35)9-4-12-38-24-15-22-21(14-23(24)37-2)26(31-17-30-22)32-20-7-8-25(29-16-20)33-27(36)18-5-3-6-19(28)13-18/h3,5-8,13-17,35H,4,9-12H2,1-2H3,(H,29,33,36)(H,30,31,32). The molecule has 198 valence electrons. The van der Waals surface area contributed by atoms with Gasteiger partial charge in [-0.25, -0.2) is 15.0 Å². The van der Waals surface area contributed by atoms with Gasteiger partial charge in [-0.15, -0.1) is 0 Å². The molecule has 4 aromatic rings. The Morgan fingerprint density at radius 2 is 1.95 bits per heavy atom. The minimum atomic E-state index is -0.301. The second-order valence-corrected chi connectivity index (χ2v) is 8.93. The van der Waals surface area contributed by atoms with Crippen molar-refractivity contribution in [1.29, 1.82) is 0 Å². The number of benzene rings is 2. The van der Waals surface area contributed by atoms with Crippen LogP contribution < -0.4 is 20.1 Å². The van der Waals surface area contributed by atoms with E-state index in [0.29, 0.717) is 58.1 Å². The second-order valence-electron chi connectivity index (χ2n) is 8.49. The Kier molecular flexibility index (Phi) is 9.26. The highest BCUT2D eigenvalue weighted by Crippen LogP contribution is 2.34. The van der Waals surface area contributed by atoms with Crippen LogP contribution in [0.5, 0.6) is 11.5 Å². The third-order valence-corrected chi connectivity index (χ3v) is 5.93. The van der Waals surface area contributed by atoms with E-state index in [9.17, 15) is 4.79 Å². The lowest BCUT2D eigenvalue weighted by molar-refractivity contribution is 0.102. The molecule has 0 saturated carbocycles. The van der Waals surface area contributed by atoms with Gasteiger partial charge in [0.25, 0.3) is 5.91 Å². The zero-order valence-corrected chi connectivity index (χ0v) is 21.9. The topological polar surface area (TPSA) is 122 Å². The van der Waals surface area contributed by atoms with Crippen LogP contribution in [0.15, 0.2) is 61.1 Å². The molecule has 0 saturated heterocycles. The number of anilines is 3. The maximum Gasteiger partial charge on any atom is 0.256 e. The van der Waals surface area contributed by atoms with Gasteiger partial charge in [-0.1, -0.05) is 17.7 Å². The molecule has 10 nitrogen and oxygen atoms in total. The van der Waals surface area contributed by atoms with Crippen LogP contribution >= 0.6 is 11.6 Å². The Hall–Kier alpha value is -3.99. The predicted octanol–water partition coefficient (Wildman–Crippen LogP) is 4.38. The zero-order chi connectivity index (χ0) is 26.9. The van der Waals surface area contributed by atoms with Crippen LogP contribution in [0.3, 0.4) is 0 Å². The molecule has 0 atom stereocenters. The van der Waals surface area contributed by atoms with Gasteiger partial charge in [-0.2, -0.15) is 0 Å². The van der Waals surface area contributed by atoms with Crippen LogP contribution in [0.4, 0.5) is 17.3 Å². The number of pyridine rings is 1. The van der Waals surface area contributed by atoms with E-state index in [4.69, 9.17) is 26.2 Å². The van der Waals surface area contributed by atoms with Crippen LogP contribution in [0, 0.1) is 0 Å². The van der Waals surface area contributed by atoms with Crippen molar-refractivity contribution in [2.45, 2.75) is 6.42 Å².